The van der Waals surface area contributed by atoms with Gasteiger partial charge in [0.15, 0.2) is 0 Å². The number of hydrogen-bond acceptors (Lipinski definition) is 3. The Kier molecular flexibility index (Phi) is 7.13. The third-order valence-corrected chi connectivity index (χ3v) is 1.65. The molecule has 4 nitrogen and oxygen atoms in total. The van der Waals surface area contributed by atoms with E-state index in [-0.39, 0.29) is 0 Å². The van der Waals surface area contributed by atoms with Crippen LogP contribution in [0.4, 0.5) is 4.79 Å². The maximum absolute atomic E-state index is 11.1. The Labute approximate surface area is 92.3 Å². The maximum atomic E-state index is 11.1. The zero-order chi connectivity index (χ0) is 11.7. The Balaban J connectivity index is 3.32. The first kappa shape index (κ1) is 14.2. The topological polar surface area (TPSA) is 47.6 Å². The fraction of sp³-hybridized carbons (Fsp3) is 0.909. The van der Waals surface area contributed by atoms with E-state index in [4.69, 9.17) is 9.57 Å². The van der Waals surface area contributed by atoms with Crippen molar-refractivity contribution in [2.45, 2.75) is 59.0 Å². The van der Waals surface area contributed by atoms with E-state index in [2.05, 4.69) is 12.4 Å². The molecule has 0 heterocycles. The van der Waals surface area contributed by atoms with Gasteiger partial charge in [-0.2, -0.15) is 5.48 Å². The lowest BCUT2D eigenvalue weighted by Crippen LogP contribution is -2.32. The van der Waals surface area contributed by atoms with Crippen molar-refractivity contribution in [3.05, 3.63) is 0 Å². The molecule has 1 N–H and O–H groups in total. The molecule has 0 aromatic carbocycles. The van der Waals surface area contributed by atoms with Crippen LogP contribution in [-0.4, -0.2) is 18.3 Å². The fourth-order valence-corrected chi connectivity index (χ4v) is 1.01. The number of carbonyl (C=O) groups excluding carboxylic acids is 1. The van der Waals surface area contributed by atoms with Crippen molar-refractivity contribution < 1.29 is 14.4 Å². The average molecular weight is 217 g/mol. The summed E-state index contributed by atoms with van der Waals surface area (Å²) in [5, 5.41) is 0. The van der Waals surface area contributed by atoms with Crippen LogP contribution in [0.5, 0.6) is 0 Å². The predicted molar refractivity (Wildman–Crippen MR) is 59.5 cm³/mol. The second kappa shape index (κ2) is 7.51. The quantitative estimate of drug-likeness (QED) is 0.549. The standard InChI is InChI=1S/C11H23NO3/c1-5-6-7-8-9-14-12-10(13)15-11(2,3)4/h5-9H2,1-4H3,(H,12,13). The molecule has 0 saturated carbocycles. The molecule has 90 valence electrons. The first-order valence-electron chi connectivity index (χ1n) is 5.56. The van der Waals surface area contributed by atoms with Crippen molar-refractivity contribution in [3.8, 4) is 0 Å². The molecule has 0 aromatic heterocycles. The monoisotopic (exact) mass is 217 g/mol. The van der Waals surface area contributed by atoms with E-state index < -0.39 is 11.7 Å². The molecular weight excluding hydrogens is 194 g/mol. The zero-order valence-electron chi connectivity index (χ0n) is 10.3. The highest BCUT2D eigenvalue weighted by molar-refractivity contribution is 5.66. The lowest BCUT2D eigenvalue weighted by atomic mass is 10.2. The normalized spacial score (nSPS) is 11.2. The minimum absolute atomic E-state index is 0.477. The molecule has 0 unspecified atom stereocenters. The highest BCUT2D eigenvalue weighted by atomic mass is 16.7. The average Bonchev–Trinajstić information content (AvgIpc) is 2.08. The van der Waals surface area contributed by atoms with Gasteiger partial charge in [-0.05, 0) is 27.2 Å². The number of hydroxylamine groups is 1. The van der Waals surface area contributed by atoms with Gasteiger partial charge < -0.3 is 4.74 Å². The first-order valence-corrected chi connectivity index (χ1v) is 5.56. The van der Waals surface area contributed by atoms with Gasteiger partial charge in [-0.3, -0.25) is 4.84 Å². The zero-order valence-corrected chi connectivity index (χ0v) is 10.3. The van der Waals surface area contributed by atoms with Gasteiger partial charge in [-0.25, -0.2) is 4.79 Å². The van der Waals surface area contributed by atoms with Crippen LogP contribution < -0.4 is 5.48 Å². The third kappa shape index (κ3) is 11.2. The SMILES string of the molecule is CCCCCCONC(=O)OC(C)(C)C. The Bertz CT molecular complexity index is 175. The molecule has 0 bridgehead atoms. The van der Waals surface area contributed by atoms with Crippen LogP contribution in [0.2, 0.25) is 0 Å². The second-order valence-electron chi connectivity index (χ2n) is 4.51. The van der Waals surface area contributed by atoms with Gasteiger partial charge in [-0.15, -0.1) is 0 Å². The lowest BCUT2D eigenvalue weighted by Gasteiger charge is -2.19. The number of ether oxygens (including phenoxy) is 1. The van der Waals surface area contributed by atoms with Crippen LogP contribution in [0.1, 0.15) is 53.4 Å². The number of hydrogen-bond donors (Lipinski definition) is 1. The molecule has 4 heteroatoms. The number of unbranched alkanes of at least 4 members (excludes halogenated alkanes) is 3. The molecule has 0 saturated heterocycles. The molecule has 0 fully saturated rings. The number of rotatable bonds is 6. The Hall–Kier alpha value is -0.770. The summed E-state index contributed by atoms with van der Waals surface area (Å²) in [6, 6.07) is 0. The summed E-state index contributed by atoms with van der Waals surface area (Å²) in [5.74, 6) is 0. The molecule has 1 amide bonds. The van der Waals surface area contributed by atoms with E-state index in [1.807, 2.05) is 20.8 Å². The first-order chi connectivity index (χ1) is 6.95. The summed E-state index contributed by atoms with van der Waals surface area (Å²) in [4.78, 5) is 16.1. The van der Waals surface area contributed by atoms with Gasteiger partial charge in [0.1, 0.15) is 5.60 Å². The molecule has 0 rings (SSSR count). The second-order valence-corrected chi connectivity index (χ2v) is 4.51. The Morgan fingerprint density at radius 1 is 1.20 bits per heavy atom. The van der Waals surface area contributed by atoms with Crippen molar-refractivity contribution in [1.29, 1.82) is 0 Å². The minimum Gasteiger partial charge on any atom is -0.442 e. The van der Waals surface area contributed by atoms with Crippen LogP contribution in [0, 0.1) is 0 Å². The summed E-state index contributed by atoms with van der Waals surface area (Å²) in [7, 11) is 0. The number of nitrogens with one attached hydrogen (secondary N) is 1. The van der Waals surface area contributed by atoms with Crippen LogP contribution in [-0.2, 0) is 9.57 Å². The molecule has 0 aliphatic rings. The van der Waals surface area contributed by atoms with Crippen molar-refractivity contribution in [2.24, 2.45) is 0 Å². The molecule has 0 aliphatic carbocycles. The molecular formula is C11H23NO3. The van der Waals surface area contributed by atoms with Crippen LogP contribution in [0.3, 0.4) is 0 Å². The Morgan fingerprint density at radius 3 is 2.40 bits per heavy atom. The summed E-state index contributed by atoms with van der Waals surface area (Å²) in [5.41, 5.74) is 1.78. The van der Waals surface area contributed by atoms with Crippen molar-refractivity contribution in [2.75, 3.05) is 6.61 Å². The smallest absolute Gasteiger partial charge is 0.431 e. The highest BCUT2D eigenvalue weighted by Crippen LogP contribution is 2.06. The summed E-state index contributed by atoms with van der Waals surface area (Å²) in [6.07, 6.45) is 3.96. The van der Waals surface area contributed by atoms with Gasteiger partial charge in [-0.1, -0.05) is 26.2 Å². The summed E-state index contributed by atoms with van der Waals surface area (Å²) < 4.78 is 4.99. The minimum atomic E-state index is -0.530. The molecule has 0 radical (unpaired) electrons. The lowest BCUT2D eigenvalue weighted by molar-refractivity contribution is -0.00859. The van der Waals surface area contributed by atoms with E-state index in [0.717, 1.165) is 12.8 Å². The summed E-state index contributed by atoms with van der Waals surface area (Å²) >= 11 is 0. The molecule has 0 aromatic rings. The largest absolute Gasteiger partial charge is 0.442 e. The van der Waals surface area contributed by atoms with Crippen molar-refractivity contribution in [1.82, 2.24) is 5.48 Å². The third-order valence-electron chi connectivity index (χ3n) is 1.65. The molecule has 0 atom stereocenters. The molecule has 0 spiro atoms. The van der Waals surface area contributed by atoms with Crippen LogP contribution in [0.15, 0.2) is 0 Å². The fourth-order valence-electron chi connectivity index (χ4n) is 1.01. The van der Waals surface area contributed by atoms with Crippen molar-refractivity contribution >= 4 is 6.09 Å². The molecule has 0 aliphatic heterocycles. The van der Waals surface area contributed by atoms with Gasteiger partial charge >= 0.3 is 6.09 Å². The van der Waals surface area contributed by atoms with Gasteiger partial charge in [0.2, 0.25) is 0 Å². The van der Waals surface area contributed by atoms with Gasteiger partial charge in [0.05, 0.1) is 6.61 Å². The van der Waals surface area contributed by atoms with E-state index in [1.165, 1.54) is 12.8 Å². The number of carbonyl (C=O) groups is 1. The van der Waals surface area contributed by atoms with E-state index in [9.17, 15) is 4.79 Å². The van der Waals surface area contributed by atoms with E-state index >= 15 is 0 Å². The predicted octanol–water partition coefficient (Wildman–Crippen LogP) is 3.02. The summed E-state index contributed by atoms with van der Waals surface area (Å²) in [6.45, 7) is 8.13. The van der Waals surface area contributed by atoms with Gasteiger partial charge in [0.25, 0.3) is 0 Å². The highest BCUT2D eigenvalue weighted by Gasteiger charge is 2.15. The van der Waals surface area contributed by atoms with E-state index in [1.54, 1.807) is 0 Å². The number of amides is 1. The van der Waals surface area contributed by atoms with Crippen molar-refractivity contribution in [3.63, 3.8) is 0 Å². The van der Waals surface area contributed by atoms with Crippen LogP contribution in [0.25, 0.3) is 0 Å². The van der Waals surface area contributed by atoms with Gasteiger partial charge in [0, 0.05) is 0 Å². The molecule has 15 heavy (non-hydrogen) atoms. The van der Waals surface area contributed by atoms with E-state index in [0.29, 0.717) is 6.61 Å². The Morgan fingerprint density at radius 2 is 1.87 bits per heavy atom. The maximum Gasteiger partial charge on any atom is 0.431 e. The van der Waals surface area contributed by atoms with Crippen LogP contribution >= 0.6 is 0 Å².